The van der Waals surface area contributed by atoms with Crippen LogP contribution in [0.4, 0.5) is 11.5 Å². The third-order valence-corrected chi connectivity index (χ3v) is 5.12. The molecule has 3 rings (SSSR count). The van der Waals surface area contributed by atoms with Crippen molar-refractivity contribution in [1.29, 1.82) is 0 Å². The molecule has 30 heavy (non-hydrogen) atoms. The van der Waals surface area contributed by atoms with E-state index in [9.17, 15) is 9.59 Å². The van der Waals surface area contributed by atoms with Crippen LogP contribution in [-0.4, -0.2) is 44.6 Å². The molecular weight excluding hydrogens is 386 g/mol. The van der Waals surface area contributed by atoms with Crippen LogP contribution in [0.25, 0.3) is 11.0 Å². The third-order valence-electron chi connectivity index (χ3n) is 5.12. The normalized spacial score (nSPS) is 11.3. The van der Waals surface area contributed by atoms with Crippen molar-refractivity contribution in [3.05, 3.63) is 44.4 Å². The Labute approximate surface area is 174 Å². The molecule has 3 aromatic heterocycles. The smallest absolute Gasteiger partial charge is 0.330 e. The average molecular weight is 415 g/mol. The summed E-state index contributed by atoms with van der Waals surface area (Å²) >= 11 is 0. The zero-order valence-electron chi connectivity index (χ0n) is 17.9. The number of nitrogen functional groups attached to an aromatic ring is 1. The molecule has 162 valence electrons. The Kier molecular flexibility index (Phi) is 6.56. The van der Waals surface area contributed by atoms with Gasteiger partial charge in [-0.25, -0.2) is 9.78 Å². The van der Waals surface area contributed by atoms with E-state index < -0.39 is 11.2 Å². The zero-order valence-corrected chi connectivity index (χ0v) is 17.9. The van der Waals surface area contributed by atoms with Crippen LogP contribution in [0.3, 0.4) is 0 Å². The Morgan fingerprint density at radius 3 is 2.80 bits per heavy atom. The van der Waals surface area contributed by atoms with E-state index in [-0.39, 0.29) is 11.5 Å². The summed E-state index contributed by atoms with van der Waals surface area (Å²) in [6.45, 7) is 5.63. The molecule has 0 aliphatic rings. The van der Waals surface area contributed by atoms with Crippen LogP contribution in [0.2, 0.25) is 0 Å². The number of fused-ring (bicyclic) bond motifs is 1. The lowest BCUT2D eigenvalue weighted by molar-refractivity contribution is 0.205. The van der Waals surface area contributed by atoms with Crippen molar-refractivity contribution >= 4 is 22.5 Å². The van der Waals surface area contributed by atoms with Gasteiger partial charge in [-0.3, -0.25) is 19.0 Å². The van der Waals surface area contributed by atoms with Gasteiger partial charge in [0.1, 0.15) is 11.5 Å². The number of unbranched alkanes of at least 4 members (excludes halogenated alkanes) is 1. The molecule has 3 N–H and O–H groups in total. The number of nitrogens with zero attached hydrogens (tertiary/aromatic N) is 5. The van der Waals surface area contributed by atoms with Gasteiger partial charge in [0.05, 0.1) is 12.3 Å². The highest BCUT2D eigenvalue weighted by atomic mass is 16.5. The van der Waals surface area contributed by atoms with Crippen molar-refractivity contribution in [3.8, 4) is 0 Å². The van der Waals surface area contributed by atoms with Gasteiger partial charge in [-0.15, -0.1) is 0 Å². The van der Waals surface area contributed by atoms with Crippen molar-refractivity contribution in [2.45, 2.75) is 39.8 Å². The molecule has 0 aromatic carbocycles. The fourth-order valence-electron chi connectivity index (χ4n) is 3.55. The van der Waals surface area contributed by atoms with Crippen molar-refractivity contribution in [3.63, 3.8) is 0 Å². The van der Waals surface area contributed by atoms with Crippen LogP contribution in [0.15, 0.2) is 21.9 Å². The Morgan fingerprint density at radius 2 is 2.10 bits per heavy atom. The zero-order chi connectivity index (χ0) is 21.8. The first-order valence-electron chi connectivity index (χ1n) is 10.0. The first-order valence-corrected chi connectivity index (χ1v) is 10.0. The summed E-state index contributed by atoms with van der Waals surface area (Å²) in [5.41, 5.74) is 8.16. The summed E-state index contributed by atoms with van der Waals surface area (Å²) < 4.78 is 8.39. The fourth-order valence-corrected chi connectivity index (χ4v) is 3.55. The maximum absolute atomic E-state index is 12.7. The number of aromatic nitrogens is 5. The van der Waals surface area contributed by atoms with Gasteiger partial charge in [0.25, 0.3) is 5.56 Å². The van der Waals surface area contributed by atoms with Crippen LogP contribution in [-0.2, 0) is 24.9 Å². The molecule has 0 aliphatic carbocycles. The van der Waals surface area contributed by atoms with E-state index in [0.717, 1.165) is 35.1 Å². The van der Waals surface area contributed by atoms with E-state index in [1.807, 2.05) is 31.9 Å². The fraction of sp³-hybridized carbons (Fsp3) is 0.500. The Morgan fingerprint density at radius 1 is 1.33 bits per heavy atom. The summed E-state index contributed by atoms with van der Waals surface area (Å²) in [6.07, 6.45) is 3.46. The number of nitrogens with two attached hydrogens (primary N) is 1. The Bertz CT molecular complexity index is 1150. The standard InChI is InChI=1S/C20H29N7O3/c1-5-6-7-27-17(21)16(19(28)23-20(27)29)26(8-9-30-4)12-14-10-15-13(2)24-25(3)18(15)22-11-14/h10-11H,5-9,12,21H2,1-4H3,(H,23,28,29). The molecule has 10 nitrogen and oxygen atoms in total. The van der Waals surface area contributed by atoms with Crippen molar-refractivity contribution in [1.82, 2.24) is 24.3 Å². The van der Waals surface area contributed by atoms with Gasteiger partial charge in [-0.2, -0.15) is 5.10 Å². The first kappa shape index (κ1) is 21.6. The van der Waals surface area contributed by atoms with Gasteiger partial charge in [-0.1, -0.05) is 13.3 Å². The molecule has 3 heterocycles. The number of anilines is 2. The summed E-state index contributed by atoms with van der Waals surface area (Å²) in [6, 6.07) is 2.02. The number of pyridine rings is 1. The maximum atomic E-state index is 12.7. The minimum atomic E-state index is -0.507. The monoisotopic (exact) mass is 415 g/mol. The van der Waals surface area contributed by atoms with E-state index in [1.165, 1.54) is 4.57 Å². The molecule has 0 atom stereocenters. The van der Waals surface area contributed by atoms with Crippen LogP contribution < -0.4 is 21.9 Å². The molecule has 0 bridgehead atoms. The second-order valence-electron chi connectivity index (χ2n) is 7.34. The molecule has 0 radical (unpaired) electrons. The number of H-pyrrole nitrogens is 1. The molecule has 0 aliphatic heterocycles. The predicted molar refractivity (Wildman–Crippen MR) is 117 cm³/mol. The van der Waals surface area contributed by atoms with Gasteiger partial charge < -0.3 is 15.4 Å². The van der Waals surface area contributed by atoms with Crippen molar-refractivity contribution in [2.75, 3.05) is 30.9 Å². The number of aryl methyl sites for hydroxylation is 2. The minimum absolute atomic E-state index is 0.167. The maximum Gasteiger partial charge on any atom is 0.330 e. The predicted octanol–water partition coefficient (Wildman–Crippen LogP) is 1.16. The molecule has 0 saturated carbocycles. The number of ether oxygens (including phenoxy) is 1. The molecular formula is C20H29N7O3. The topological polar surface area (TPSA) is 124 Å². The van der Waals surface area contributed by atoms with Gasteiger partial charge >= 0.3 is 5.69 Å². The molecule has 0 saturated heterocycles. The van der Waals surface area contributed by atoms with Gasteiger partial charge in [0, 0.05) is 45.4 Å². The van der Waals surface area contributed by atoms with Crippen molar-refractivity contribution < 1.29 is 4.74 Å². The highest BCUT2D eigenvalue weighted by molar-refractivity contribution is 5.78. The van der Waals surface area contributed by atoms with E-state index in [2.05, 4.69) is 15.1 Å². The van der Waals surface area contributed by atoms with Crippen LogP contribution in [0, 0.1) is 6.92 Å². The number of hydrogen-bond donors (Lipinski definition) is 2. The SMILES string of the molecule is CCCCn1c(N)c(N(CCOC)Cc2cnc3c(c2)c(C)nn3C)c(=O)[nH]c1=O. The lowest BCUT2D eigenvalue weighted by atomic mass is 10.2. The van der Waals surface area contributed by atoms with E-state index in [1.54, 1.807) is 18.0 Å². The number of nitrogens with one attached hydrogen (secondary N) is 1. The molecule has 0 amide bonds. The molecule has 10 heteroatoms. The molecule has 0 fully saturated rings. The summed E-state index contributed by atoms with van der Waals surface area (Å²) in [4.78, 5) is 33.7. The Hall–Kier alpha value is -3.14. The first-order chi connectivity index (χ1) is 14.4. The lowest BCUT2D eigenvalue weighted by Gasteiger charge is -2.26. The highest BCUT2D eigenvalue weighted by Gasteiger charge is 2.20. The number of aromatic amines is 1. The molecule has 3 aromatic rings. The third kappa shape index (κ3) is 4.23. The average Bonchev–Trinajstić information content (AvgIpc) is 2.99. The molecule has 0 unspecified atom stereocenters. The quantitative estimate of drug-likeness (QED) is 0.537. The van der Waals surface area contributed by atoms with Gasteiger partial charge in [-0.05, 0) is 25.0 Å². The lowest BCUT2D eigenvalue weighted by Crippen LogP contribution is -2.39. The summed E-state index contributed by atoms with van der Waals surface area (Å²) in [7, 11) is 3.45. The second-order valence-corrected chi connectivity index (χ2v) is 7.34. The van der Waals surface area contributed by atoms with Gasteiger partial charge in [0.15, 0.2) is 5.65 Å². The minimum Gasteiger partial charge on any atom is -0.383 e. The van der Waals surface area contributed by atoms with Crippen LogP contribution >= 0.6 is 0 Å². The highest BCUT2D eigenvalue weighted by Crippen LogP contribution is 2.22. The van der Waals surface area contributed by atoms with Crippen molar-refractivity contribution in [2.24, 2.45) is 7.05 Å². The summed E-state index contributed by atoms with van der Waals surface area (Å²) in [5, 5.41) is 5.36. The second kappa shape index (κ2) is 9.12. The number of rotatable bonds is 9. The largest absolute Gasteiger partial charge is 0.383 e. The van der Waals surface area contributed by atoms with E-state index in [4.69, 9.17) is 10.5 Å². The van der Waals surface area contributed by atoms with Crippen LogP contribution in [0.1, 0.15) is 31.0 Å². The summed E-state index contributed by atoms with van der Waals surface area (Å²) in [5.74, 6) is 0.167. The molecule has 0 spiro atoms. The van der Waals surface area contributed by atoms with Gasteiger partial charge in [0.2, 0.25) is 0 Å². The van der Waals surface area contributed by atoms with Crippen LogP contribution in [0.5, 0.6) is 0 Å². The van der Waals surface area contributed by atoms with E-state index in [0.29, 0.717) is 26.2 Å². The number of methoxy groups -OCH3 is 1. The Balaban J connectivity index is 2.03. The van der Waals surface area contributed by atoms with E-state index >= 15 is 0 Å². The number of hydrogen-bond acceptors (Lipinski definition) is 7.